The molecule has 2 heterocycles. The quantitative estimate of drug-likeness (QED) is 0.779. The van der Waals surface area contributed by atoms with Crippen LogP contribution >= 0.6 is 0 Å². The highest BCUT2D eigenvalue weighted by molar-refractivity contribution is 5.33. The zero-order chi connectivity index (χ0) is 11.4. The number of hydrogen-bond donors (Lipinski definition) is 1. The van der Waals surface area contributed by atoms with Gasteiger partial charge in [-0.05, 0) is 0 Å². The van der Waals surface area contributed by atoms with Crippen LogP contribution in [0.15, 0.2) is 18.7 Å². The summed E-state index contributed by atoms with van der Waals surface area (Å²) >= 11 is 0. The van der Waals surface area contributed by atoms with Gasteiger partial charge in [-0.15, -0.1) is 10.2 Å². The van der Waals surface area contributed by atoms with Crippen LogP contribution in [-0.4, -0.2) is 24.7 Å². The van der Waals surface area contributed by atoms with Gasteiger partial charge < -0.3 is 9.88 Å². The lowest BCUT2D eigenvalue weighted by Crippen LogP contribution is -2.07. The van der Waals surface area contributed by atoms with Gasteiger partial charge in [0, 0.05) is 7.05 Å². The van der Waals surface area contributed by atoms with E-state index in [0.29, 0.717) is 18.1 Å². The van der Waals surface area contributed by atoms with Crippen molar-refractivity contribution in [2.24, 2.45) is 7.05 Å². The molecule has 2 aromatic heterocycles. The summed E-state index contributed by atoms with van der Waals surface area (Å²) in [6.45, 7) is 0.511. The minimum atomic E-state index is 0.296. The van der Waals surface area contributed by atoms with Gasteiger partial charge in [0.1, 0.15) is 18.2 Å². The Morgan fingerprint density at radius 1 is 1.44 bits per heavy atom. The van der Waals surface area contributed by atoms with E-state index in [9.17, 15) is 0 Å². The van der Waals surface area contributed by atoms with Gasteiger partial charge in [-0.1, -0.05) is 0 Å². The second kappa shape index (κ2) is 4.35. The van der Waals surface area contributed by atoms with Crippen molar-refractivity contribution >= 4 is 5.82 Å². The number of nitrogens with zero attached hydrogens (tertiary/aromatic N) is 6. The minimum Gasteiger partial charge on any atom is -0.361 e. The molecular weight excluding hydrogens is 206 g/mol. The van der Waals surface area contributed by atoms with Crippen molar-refractivity contribution in [2.45, 2.75) is 6.54 Å². The molecule has 0 aliphatic rings. The van der Waals surface area contributed by atoms with E-state index >= 15 is 0 Å². The molecule has 0 amide bonds. The van der Waals surface area contributed by atoms with Crippen molar-refractivity contribution in [3.63, 3.8) is 0 Å². The van der Waals surface area contributed by atoms with Crippen LogP contribution in [0.25, 0.3) is 0 Å². The van der Waals surface area contributed by atoms with Gasteiger partial charge in [-0.3, -0.25) is 0 Å². The Bertz CT molecular complexity index is 507. The third-order valence-corrected chi connectivity index (χ3v) is 2.00. The van der Waals surface area contributed by atoms with Gasteiger partial charge in [0.15, 0.2) is 11.5 Å². The van der Waals surface area contributed by atoms with Crippen molar-refractivity contribution < 1.29 is 0 Å². The van der Waals surface area contributed by atoms with E-state index in [0.717, 1.165) is 5.82 Å². The monoisotopic (exact) mass is 215 g/mol. The molecule has 80 valence electrons. The summed E-state index contributed by atoms with van der Waals surface area (Å²) in [6.07, 6.45) is 4.55. The van der Waals surface area contributed by atoms with Crippen LogP contribution in [0.2, 0.25) is 0 Å². The zero-order valence-electron chi connectivity index (χ0n) is 8.62. The molecule has 0 aromatic carbocycles. The molecule has 0 aliphatic carbocycles. The lowest BCUT2D eigenvalue weighted by molar-refractivity contribution is 0.809. The van der Waals surface area contributed by atoms with E-state index in [2.05, 4.69) is 25.5 Å². The van der Waals surface area contributed by atoms with E-state index in [-0.39, 0.29) is 0 Å². The second-order valence-corrected chi connectivity index (χ2v) is 3.11. The van der Waals surface area contributed by atoms with E-state index in [1.165, 1.54) is 12.4 Å². The second-order valence-electron chi connectivity index (χ2n) is 3.11. The number of rotatable bonds is 3. The topological polar surface area (TPSA) is 92.3 Å². The fourth-order valence-electron chi connectivity index (χ4n) is 1.11. The molecule has 0 fully saturated rings. The number of nitrogens with one attached hydrogen (secondary N) is 1. The largest absolute Gasteiger partial charge is 0.361 e. The molecule has 0 bridgehead atoms. The molecule has 0 atom stereocenters. The summed E-state index contributed by atoms with van der Waals surface area (Å²) in [5.74, 6) is 1.40. The summed E-state index contributed by atoms with van der Waals surface area (Å²) in [5, 5.41) is 19.3. The molecule has 0 aliphatic heterocycles. The minimum absolute atomic E-state index is 0.296. The van der Waals surface area contributed by atoms with Gasteiger partial charge in [0.05, 0.1) is 18.9 Å². The highest BCUT2D eigenvalue weighted by Gasteiger charge is 2.01. The number of aromatic nitrogens is 5. The normalized spacial score (nSPS) is 9.75. The van der Waals surface area contributed by atoms with Gasteiger partial charge >= 0.3 is 0 Å². The van der Waals surface area contributed by atoms with Crippen LogP contribution in [0.4, 0.5) is 5.82 Å². The van der Waals surface area contributed by atoms with Gasteiger partial charge in [-0.25, -0.2) is 9.97 Å². The Morgan fingerprint density at radius 3 is 2.88 bits per heavy atom. The van der Waals surface area contributed by atoms with Crippen LogP contribution in [0, 0.1) is 11.3 Å². The van der Waals surface area contributed by atoms with Crippen molar-refractivity contribution in [1.82, 2.24) is 24.7 Å². The maximum atomic E-state index is 8.55. The highest BCUT2D eigenvalue weighted by atomic mass is 15.3. The number of aryl methyl sites for hydroxylation is 1. The summed E-state index contributed by atoms with van der Waals surface area (Å²) < 4.78 is 1.81. The number of nitriles is 1. The van der Waals surface area contributed by atoms with Gasteiger partial charge in [0.2, 0.25) is 0 Å². The molecule has 0 unspecified atom stereocenters. The Kier molecular flexibility index (Phi) is 2.73. The predicted molar refractivity (Wildman–Crippen MR) is 55.1 cm³/mol. The molecule has 1 N–H and O–H groups in total. The molecule has 2 aromatic rings. The van der Waals surface area contributed by atoms with Crippen molar-refractivity contribution in [2.75, 3.05) is 5.32 Å². The summed E-state index contributed by atoms with van der Waals surface area (Å²) in [5.41, 5.74) is 0.296. The van der Waals surface area contributed by atoms with E-state index < -0.39 is 0 Å². The average Bonchev–Trinajstić information content (AvgIpc) is 2.73. The van der Waals surface area contributed by atoms with Crippen LogP contribution in [-0.2, 0) is 13.6 Å². The third-order valence-electron chi connectivity index (χ3n) is 2.00. The molecule has 7 nitrogen and oxygen atoms in total. The fraction of sp³-hybridized carbons (Fsp3) is 0.222. The first kappa shape index (κ1) is 10.0. The first-order chi connectivity index (χ1) is 7.79. The summed E-state index contributed by atoms with van der Waals surface area (Å²) in [7, 11) is 1.86. The van der Waals surface area contributed by atoms with E-state index in [1.54, 1.807) is 6.33 Å². The Morgan fingerprint density at radius 2 is 2.31 bits per heavy atom. The van der Waals surface area contributed by atoms with Crippen LogP contribution in [0.3, 0.4) is 0 Å². The Labute approximate surface area is 91.8 Å². The van der Waals surface area contributed by atoms with Gasteiger partial charge in [0.25, 0.3) is 0 Å². The molecule has 0 saturated heterocycles. The lowest BCUT2D eigenvalue weighted by atomic mass is 10.5. The summed E-state index contributed by atoms with van der Waals surface area (Å²) in [6, 6.07) is 1.91. The molecular formula is C9H9N7. The third kappa shape index (κ3) is 2.12. The van der Waals surface area contributed by atoms with Crippen LogP contribution in [0.1, 0.15) is 11.5 Å². The van der Waals surface area contributed by atoms with Crippen molar-refractivity contribution in [3.05, 3.63) is 30.2 Å². The molecule has 0 spiro atoms. The molecule has 7 heteroatoms. The van der Waals surface area contributed by atoms with Crippen LogP contribution in [0.5, 0.6) is 0 Å². The maximum absolute atomic E-state index is 8.55. The van der Waals surface area contributed by atoms with Crippen molar-refractivity contribution in [3.8, 4) is 6.07 Å². The number of anilines is 1. The average molecular weight is 215 g/mol. The van der Waals surface area contributed by atoms with E-state index in [1.807, 2.05) is 17.7 Å². The maximum Gasteiger partial charge on any atom is 0.158 e. The van der Waals surface area contributed by atoms with Gasteiger partial charge in [-0.2, -0.15) is 5.26 Å². The summed E-state index contributed by atoms with van der Waals surface area (Å²) in [4.78, 5) is 7.92. The predicted octanol–water partition coefficient (Wildman–Crippen LogP) is 0.0889. The lowest BCUT2D eigenvalue weighted by Gasteiger charge is -2.03. The standard InChI is InChI=1S/C9H9N7/c1-16-6-14-15-9(16)5-13-8-4-11-7(2-10)3-12-8/h3-4,6H,5H2,1H3,(H,12,13). The first-order valence-corrected chi connectivity index (χ1v) is 4.58. The molecule has 2 rings (SSSR count). The van der Waals surface area contributed by atoms with Crippen molar-refractivity contribution in [1.29, 1.82) is 5.26 Å². The first-order valence-electron chi connectivity index (χ1n) is 4.58. The molecule has 16 heavy (non-hydrogen) atoms. The SMILES string of the molecule is Cn1cnnc1CNc1cnc(C#N)cn1. The molecule has 0 saturated carbocycles. The Balaban J connectivity index is 2.00. The van der Waals surface area contributed by atoms with E-state index in [4.69, 9.17) is 5.26 Å². The fourth-order valence-corrected chi connectivity index (χ4v) is 1.11. The highest BCUT2D eigenvalue weighted by Crippen LogP contribution is 2.02. The van der Waals surface area contributed by atoms with Crippen LogP contribution < -0.4 is 5.32 Å². The zero-order valence-corrected chi connectivity index (χ0v) is 8.62. The Hall–Kier alpha value is -2.49. The number of hydrogen-bond acceptors (Lipinski definition) is 6. The smallest absolute Gasteiger partial charge is 0.158 e. The molecule has 0 radical (unpaired) electrons.